The number of carbonyl (C=O) groups excluding carboxylic acids is 3. The van der Waals surface area contributed by atoms with Crippen molar-refractivity contribution < 1.29 is 23.2 Å². The molecule has 6 nitrogen and oxygen atoms in total. The highest BCUT2D eigenvalue weighted by atomic mass is 19.1. The topological polar surface area (TPSA) is 78.5 Å². The van der Waals surface area contributed by atoms with E-state index in [1.807, 2.05) is 18.2 Å². The maximum Gasteiger partial charge on any atom is 0.256 e. The third-order valence-corrected chi connectivity index (χ3v) is 6.18. The molecule has 0 bridgehead atoms. The van der Waals surface area contributed by atoms with Crippen LogP contribution in [0.15, 0.2) is 66.7 Å². The van der Waals surface area contributed by atoms with Crippen molar-refractivity contribution in [1.82, 2.24) is 4.90 Å². The van der Waals surface area contributed by atoms with Crippen LogP contribution in [0.1, 0.15) is 39.1 Å². The van der Waals surface area contributed by atoms with Gasteiger partial charge in [0.1, 0.15) is 11.6 Å². The van der Waals surface area contributed by atoms with Crippen molar-refractivity contribution in [3.8, 4) is 0 Å². The molecule has 0 spiro atoms. The number of hydrogen-bond donors (Lipinski definition) is 2. The van der Waals surface area contributed by atoms with E-state index in [0.29, 0.717) is 41.4 Å². The van der Waals surface area contributed by atoms with Crippen molar-refractivity contribution in [2.45, 2.75) is 19.8 Å². The summed E-state index contributed by atoms with van der Waals surface area (Å²) in [6.07, 6.45) is 0.821. The zero-order valence-corrected chi connectivity index (χ0v) is 19.2. The molecule has 0 aliphatic carbocycles. The number of halogens is 2. The van der Waals surface area contributed by atoms with Crippen molar-refractivity contribution >= 4 is 29.1 Å². The zero-order chi connectivity index (χ0) is 24.9. The van der Waals surface area contributed by atoms with Crippen LogP contribution < -0.4 is 10.6 Å². The lowest BCUT2D eigenvalue weighted by Gasteiger charge is -2.31. The highest BCUT2D eigenvalue weighted by Gasteiger charge is 2.29. The lowest BCUT2D eigenvalue weighted by atomic mass is 9.95. The Morgan fingerprint density at radius 1 is 0.857 bits per heavy atom. The van der Waals surface area contributed by atoms with Gasteiger partial charge in [-0.3, -0.25) is 14.4 Å². The Balaban J connectivity index is 1.37. The first-order valence-electron chi connectivity index (χ1n) is 11.3. The van der Waals surface area contributed by atoms with E-state index < -0.39 is 17.5 Å². The molecule has 1 fully saturated rings. The van der Waals surface area contributed by atoms with Gasteiger partial charge < -0.3 is 15.5 Å². The molecular weight excluding hydrogens is 452 g/mol. The molecule has 1 heterocycles. The summed E-state index contributed by atoms with van der Waals surface area (Å²) in [5, 5.41) is 5.75. The van der Waals surface area contributed by atoms with E-state index in [4.69, 9.17) is 0 Å². The summed E-state index contributed by atoms with van der Waals surface area (Å²) < 4.78 is 27.1. The molecule has 0 aromatic heterocycles. The van der Waals surface area contributed by atoms with Gasteiger partial charge in [-0.1, -0.05) is 24.3 Å². The summed E-state index contributed by atoms with van der Waals surface area (Å²) in [4.78, 5) is 39.7. The first-order chi connectivity index (χ1) is 16.8. The Labute approximate surface area is 201 Å². The molecule has 1 aliphatic heterocycles. The van der Waals surface area contributed by atoms with Gasteiger partial charge in [-0.2, -0.15) is 0 Å². The van der Waals surface area contributed by atoms with Gasteiger partial charge in [0.15, 0.2) is 0 Å². The number of carbonyl (C=O) groups is 3. The van der Waals surface area contributed by atoms with Gasteiger partial charge in [-0.15, -0.1) is 0 Å². The van der Waals surface area contributed by atoms with Gasteiger partial charge in [-0.05, 0) is 61.7 Å². The SMILES string of the molecule is Cc1c(NC(=O)C2CCN(C(=O)c3ccc(F)cc3F)CC2)cccc1C(=O)Nc1ccccc1. The molecule has 180 valence electrons. The summed E-state index contributed by atoms with van der Waals surface area (Å²) in [5.41, 5.74) is 2.13. The van der Waals surface area contributed by atoms with Crippen LogP contribution in [0.25, 0.3) is 0 Å². The van der Waals surface area contributed by atoms with Crippen molar-refractivity contribution in [2.75, 3.05) is 23.7 Å². The smallest absolute Gasteiger partial charge is 0.256 e. The van der Waals surface area contributed by atoms with Gasteiger partial charge in [0.25, 0.3) is 11.8 Å². The van der Waals surface area contributed by atoms with Crippen LogP contribution in [0.3, 0.4) is 0 Å². The number of benzene rings is 3. The normalized spacial score (nSPS) is 13.9. The number of hydrogen-bond acceptors (Lipinski definition) is 3. The van der Waals surface area contributed by atoms with E-state index >= 15 is 0 Å². The summed E-state index contributed by atoms with van der Waals surface area (Å²) in [6, 6.07) is 17.1. The van der Waals surface area contributed by atoms with Crippen LogP contribution in [-0.4, -0.2) is 35.7 Å². The molecule has 1 aliphatic rings. The molecule has 8 heteroatoms. The molecule has 0 saturated carbocycles. The lowest BCUT2D eigenvalue weighted by Crippen LogP contribution is -2.41. The number of anilines is 2. The maximum absolute atomic E-state index is 14.0. The Kier molecular flexibility index (Phi) is 7.19. The third-order valence-electron chi connectivity index (χ3n) is 6.18. The van der Waals surface area contributed by atoms with Crippen molar-refractivity contribution in [1.29, 1.82) is 0 Å². The summed E-state index contributed by atoms with van der Waals surface area (Å²) in [7, 11) is 0. The molecule has 35 heavy (non-hydrogen) atoms. The maximum atomic E-state index is 14.0. The van der Waals surface area contributed by atoms with E-state index in [0.717, 1.165) is 12.1 Å². The Morgan fingerprint density at radius 2 is 1.57 bits per heavy atom. The number of rotatable bonds is 5. The minimum atomic E-state index is -0.901. The van der Waals surface area contributed by atoms with Crippen molar-refractivity contribution in [2.24, 2.45) is 5.92 Å². The van der Waals surface area contributed by atoms with Crippen LogP contribution in [0, 0.1) is 24.5 Å². The minimum Gasteiger partial charge on any atom is -0.339 e. The quantitative estimate of drug-likeness (QED) is 0.542. The molecular formula is C27H25F2N3O3. The number of amides is 3. The highest BCUT2D eigenvalue weighted by Crippen LogP contribution is 2.25. The monoisotopic (exact) mass is 477 g/mol. The number of nitrogens with zero attached hydrogens (tertiary/aromatic N) is 1. The summed E-state index contributed by atoms with van der Waals surface area (Å²) in [5.74, 6) is -2.97. The molecule has 0 unspecified atom stereocenters. The van der Waals surface area contributed by atoms with Crippen LogP contribution in [-0.2, 0) is 4.79 Å². The summed E-state index contributed by atoms with van der Waals surface area (Å²) >= 11 is 0. The average molecular weight is 478 g/mol. The van der Waals surface area contributed by atoms with Gasteiger partial charge >= 0.3 is 0 Å². The number of likely N-dealkylation sites (tertiary alicyclic amines) is 1. The van der Waals surface area contributed by atoms with Crippen molar-refractivity contribution in [3.05, 3.63) is 95.1 Å². The standard InChI is InChI=1S/C27H25F2N3O3/c1-17-21(26(34)30-20-6-3-2-4-7-20)8-5-9-24(17)31-25(33)18-12-14-32(15-13-18)27(35)22-11-10-19(28)16-23(22)29/h2-11,16,18H,12-15H2,1H3,(H,30,34)(H,31,33). The highest BCUT2D eigenvalue weighted by molar-refractivity contribution is 6.07. The Hall–Kier alpha value is -4.07. The minimum absolute atomic E-state index is 0.185. The number of nitrogens with one attached hydrogen (secondary N) is 2. The van der Waals surface area contributed by atoms with Crippen LogP contribution in [0.5, 0.6) is 0 Å². The van der Waals surface area contributed by atoms with E-state index in [-0.39, 0.29) is 36.4 Å². The predicted molar refractivity (Wildman–Crippen MR) is 129 cm³/mol. The zero-order valence-electron chi connectivity index (χ0n) is 19.2. The molecule has 0 radical (unpaired) electrons. The summed E-state index contributed by atoms with van der Waals surface area (Å²) in [6.45, 7) is 2.34. The molecule has 4 rings (SSSR count). The van der Waals surface area contributed by atoms with Crippen LogP contribution >= 0.6 is 0 Å². The second-order valence-electron chi connectivity index (χ2n) is 8.48. The van der Waals surface area contributed by atoms with Gasteiger partial charge in [0, 0.05) is 42.0 Å². The van der Waals surface area contributed by atoms with Crippen LogP contribution in [0.4, 0.5) is 20.2 Å². The number of piperidine rings is 1. The molecule has 2 N–H and O–H groups in total. The van der Waals surface area contributed by atoms with Crippen molar-refractivity contribution in [3.63, 3.8) is 0 Å². The fourth-order valence-corrected chi connectivity index (χ4v) is 4.15. The van der Waals surface area contributed by atoms with E-state index in [1.54, 1.807) is 37.3 Å². The Bertz CT molecular complexity index is 1260. The third kappa shape index (κ3) is 5.54. The first kappa shape index (κ1) is 24.1. The first-order valence-corrected chi connectivity index (χ1v) is 11.3. The second-order valence-corrected chi connectivity index (χ2v) is 8.48. The Morgan fingerprint density at radius 3 is 2.26 bits per heavy atom. The fourth-order valence-electron chi connectivity index (χ4n) is 4.15. The lowest BCUT2D eigenvalue weighted by molar-refractivity contribution is -0.121. The number of para-hydroxylation sites is 1. The molecule has 3 aromatic carbocycles. The molecule has 0 atom stereocenters. The molecule has 3 amide bonds. The van der Waals surface area contributed by atoms with Gasteiger partial charge in [-0.25, -0.2) is 8.78 Å². The van der Waals surface area contributed by atoms with E-state index in [2.05, 4.69) is 10.6 Å². The second kappa shape index (κ2) is 10.5. The van der Waals surface area contributed by atoms with Gasteiger partial charge in [0.05, 0.1) is 5.56 Å². The molecule has 3 aromatic rings. The van der Waals surface area contributed by atoms with Crippen LogP contribution in [0.2, 0.25) is 0 Å². The predicted octanol–water partition coefficient (Wildman–Crippen LogP) is 5.02. The molecule has 1 saturated heterocycles. The van der Waals surface area contributed by atoms with Gasteiger partial charge in [0.2, 0.25) is 5.91 Å². The average Bonchev–Trinajstić information content (AvgIpc) is 2.85. The van der Waals surface area contributed by atoms with E-state index in [1.165, 1.54) is 4.90 Å². The van der Waals surface area contributed by atoms with E-state index in [9.17, 15) is 23.2 Å². The largest absolute Gasteiger partial charge is 0.339 e. The fraction of sp³-hybridized carbons (Fsp3) is 0.222.